The third-order valence-electron chi connectivity index (χ3n) is 6.16. The normalized spacial score (nSPS) is 15.6. The van der Waals surface area contributed by atoms with Crippen molar-refractivity contribution in [2.75, 3.05) is 0 Å². The van der Waals surface area contributed by atoms with Crippen molar-refractivity contribution in [3.63, 3.8) is 0 Å². The van der Waals surface area contributed by atoms with Gasteiger partial charge in [0.15, 0.2) is 11.5 Å². The number of hydrogen-bond acceptors (Lipinski definition) is 8. The molecule has 0 aliphatic rings. The molecule has 0 saturated carbocycles. The number of carbonyl (C=O) groups is 4. The summed E-state index contributed by atoms with van der Waals surface area (Å²) >= 11 is 0. The molecule has 5 atom stereocenters. The molecule has 0 aliphatic heterocycles. The Bertz CT molecular complexity index is 952. The van der Waals surface area contributed by atoms with Gasteiger partial charge in [0.25, 0.3) is 0 Å². The summed E-state index contributed by atoms with van der Waals surface area (Å²) < 4.78 is 16.6. The number of esters is 3. The molecular weight excluding hydrogens is 478 g/mol. The summed E-state index contributed by atoms with van der Waals surface area (Å²) in [5, 5.41) is 9.66. The summed E-state index contributed by atoms with van der Waals surface area (Å²) in [5.74, 6) is -4.11. The lowest BCUT2D eigenvalue weighted by Gasteiger charge is -2.26. The zero-order valence-corrected chi connectivity index (χ0v) is 23.3. The molecule has 0 heterocycles. The molecule has 3 N–H and O–H groups in total. The summed E-state index contributed by atoms with van der Waals surface area (Å²) in [6.45, 7) is 14.6. The van der Waals surface area contributed by atoms with Crippen molar-refractivity contribution < 1.29 is 38.5 Å². The van der Waals surface area contributed by atoms with E-state index in [1.165, 1.54) is 12.1 Å². The number of carboxylic acid groups (broad SMARTS) is 1. The maximum Gasteiger partial charge on any atom is 0.321 e. The van der Waals surface area contributed by atoms with E-state index in [0.717, 1.165) is 0 Å². The maximum absolute atomic E-state index is 12.6. The molecule has 0 radical (unpaired) electrons. The van der Waals surface area contributed by atoms with Crippen LogP contribution in [0.15, 0.2) is 18.2 Å². The van der Waals surface area contributed by atoms with E-state index in [2.05, 4.69) is 0 Å². The van der Waals surface area contributed by atoms with Crippen LogP contribution in [0.1, 0.15) is 92.6 Å². The lowest BCUT2D eigenvalue weighted by atomic mass is 9.86. The average molecular weight is 522 g/mol. The van der Waals surface area contributed by atoms with E-state index in [4.69, 9.17) is 19.9 Å². The molecule has 1 aromatic rings. The molecule has 0 bridgehead atoms. The molecule has 0 saturated heterocycles. The summed E-state index contributed by atoms with van der Waals surface area (Å²) in [5.41, 5.74) is 6.23. The molecule has 0 fully saturated rings. The number of carboxylic acids is 1. The predicted molar refractivity (Wildman–Crippen MR) is 139 cm³/mol. The van der Waals surface area contributed by atoms with E-state index in [1.54, 1.807) is 26.8 Å². The van der Waals surface area contributed by atoms with E-state index in [0.29, 0.717) is 18.4 Å². The van der Waals surface area contributed by atoms with Crippen LogP contribution in [0.5, 0.6) is 11.5 Å². The molecule has 208 valence electrons. The SMILES string of the molecule is CCC(C)C(=O)Oc1ccc(C(CC(C)OC(=O)CC(C)(C)C)[C@H](N)C(=O)O)cc1OC(=O)C(C)CC. The van der Waals surface area contributed by atoms with Gasteiger partial charge in [0.2, 0.25) is 0 Å². The first-order chi connectivity index (χ1) is 17.1. The molecule has 37 heavy (non-hydrogen) atoms. The van der Waals surface area contributed by atoms with Gasteiger partial charge < -0.3 is 25.1 Å². The van der Waals surface area contributed by atoms with Gasteiger partial charge in [-0.05, 0) is 49.3 Å². The molecule has 9 nitrogen and oxygen atoms in total. The van der Waals surface area contributed by atoms with Crippen molar-refractivity contribution >= 4 is 23.9 Å². The number of rotatable bonds is 13. The van der Waals surface area contributed by atoms with Crippen LogP contribution in [0.25, 0.3) is 0 Å². The van der Waals surface area contributed by atoms with Gasteiger partial charge in [-0.3, -0.25) is 19.2 Å². The number of benzene rings is 1. The van der Waals surface area contributed by atoms with Gasteiger partial charge in [0, 0.05) is 5.92 Å². The first-order valence-corrected chi connectivity index (χ1v) is 12.8. The third-order valence-corrected chi connectivity index (χ3v) is 6.16. The number of aliphatic carboxylic acids is 1. The summed E-state index contributed by atoms with van der Waals surface area (Å²) in [7, 11) is 0. The van der Waals surface area contributed by atoms with Gasteiger partial charge in [-0.1, -0.05) is 54.5 Å². The molecule has 0 aliphatic carbocycles. The summed E-state index contributed by atoms with van der Waals surface area (Å²) in [4.78, 5) is 49.1. The molecule has 1 aromatic carbocycles. The van der Waals surface area contributed by atoms with E-state index in [-0.39, 0.29) is 35.7 Å². The Morgan fingerprint density at radius 1 is 0.919 bits per heavy atom. The largest absolute Gasteiger partial charge is 0.480 e. The minimum atomic E-state index is -1.32. The second-order valence-electron chi connectivity index (χ2n) is 10.9. The zero-order valence-electron chi connectivity index (χ0n) is 23.3. The molecular formula is C28H43NO8. The minimum Gasteiger partial charge on any atom is -0.480 e. The highest BCUT2D eigenvalue weighted by Crippen LogP contribution is 2.35. The van der Waals surface area contributed by atoms with Crippen LogP contribution >= 0.6 is 0 Å². The Balaban J connectivity index is 3.37. The highest BCUT2D eigenvalue weighted by Gasteiger charge is 2.31. The average Bonchev–Trinajstić information content (AvgIpc) is 2.80. The smallest absolute Gasteiger partial charge is 0.321 e. The second-order valence-corrected chi connectivity index (χ2v) is 10.9. The predicted octanol–water partition coefficient (Wildman–Crippen LogP) is 4.84. The van der Waals surface area contributed by atoms with Crippen LogP contribution in [-0.4, -0.2) is 41.1 Å². The highest BCUT2D eigenvalue weighted by molar-refractivity contribution is 5.79. The van der Waals surface area contributed by atoms with Crippen LogP contribution in [-0.2, 0) is 23.9 Å². The van der Waals surface area contributed by atoms with Gasteiger partial charge in [-0.15, -0.1) is 0 Å². The monoisotopic (exact) mass is 521 g/mol. The number of ether oxygens (including phenoxy) is 3. The minimum absolute atomic E-state index is 0.000535. The van der Waals surface area contributed by atoms with E-state index < -0.39 is 47.9 Å². The third kappa shape index (κ3) is 10.5. The number of carbonyl (C=O) groups excluding carboxylic acids is 3. The summed E-state index contributed by atoms with van der Waals surface area (Å²) in [6, 6.07) is 3.19. The Labute approximate surface area is 220 Å². The van der Waals surface area contributed by atoms with Crippen LogP contribution in [0.2, 0.25) is 0 Å². The number of hydrogen-bond donors (Lipinski definition) is 2. The van der Waals surface area contributed by atoms with Gasteiger partial charge in [0.05, 0.1) is 24.4 Å². The number of nitrogens with two attached hydrogens (primary N) is 1. The Morgan fingerprint density at radius 3 is 1.89 bits per heavy atom. The molecule has 0 amide bonds. The highest BCUT2D eigenvalue weighted by atomic mass is 16.6. The fraction of sp³-hybridized carbons (Fsp3) is 0.643. The molecule has 4 unspecified atom stereocenters. The van der Waals surface area contributed by atoms with Crippen molar-refractivity contribution in [3.05, 3.63) is 23.8 Å². The van der Waals surface area contributed by atoms with E-state index in [1.807, 2.05) is 34.6 Å². The van der Waals surface area contributed by atoms with E-state index >= 15 is 0 Å². The van der Waals surface area contributed by atoms with Crippen molar-refractivity contribution in [2.24, 2.45) is 23.0 Å². The van der Waals surface area contributed by atoms with E-state index in [9.17, 15) is 24.3 Å². The summed E-state index contributed by atoms with van der Waals surface area (Å²) in [6.07, 6.45) is 0.817. The van der Waals surface area contributed by atoms with Crippen molar-refractivity contribution in [1.29, 1.82) is 0 Å². The molecule has 0 spiro atoms. The van der Waals surface area contributed by atoms with Gasteiger partial charge in [-0.2, -0.15) is 0 Å². The molecule has 1 rings (SSSR count). The quantitative estimate of drug-likeness (QED) is 0.275. The van der Waals surface area contributed by atoms with Crippen LogP contribution in [0.4, 0.5) is 0 Å². The fourth-order valence-corrected chi connectivity index (χ4v) is 3.44. The van der Waals surface area contributed by atoms with Crippen molar-refractivity contribution in [1.82, 2.24) is 0 Å². The first kappa shape index (κ1) is 32.1. The van der Waals surface area contributed by atoms with Gasteiger partial charge in [0.1, 0.15) is 6.04 Å². The Kier molecular flexibility index (Phi) is 12.2. The van der Waals surface area contributed by atoms with Crippen molar-refractivity contribution in [2.45, 2.75) is 99.1 Å². The van der Waals surface area contributed by atoms with Crippen LogP contribution < -0.4 is 15.2 Å². The molecule has 9 heteroatoms. The topological polar surface area (TPSA) is 142 Å². The second kappa shape index (κ2) is 14.1. The lowest BCUT2D eigenvalue weighted by molar-refractivity contribution is -0.151. The van der Waals surface area contributed by atoms with Gasteiger partial charge >= 0.3 is 23.9 Å². The standard InChI is InChI=1S/C28H43NO8/c1-9-16(3)26(33)36-21-12-11-19(14-22(21)37-27(34)17(4)10-2)20(24(29)25(31)32)13-18(5)35-23(30)15-28(6,7)8/h11-12,14,16-18,20,24H,9-10,13,15,29H2,1-8H3,(H,31,32)/t16?,17?,18?,20?,24-/m0/s1. The van der Waals surface area contributed by atoms with Gasteiger partial charge in [-0.25, -0.2) is 0 Å². The van der Waals surface area contributed by atoms with Crippen LogP contribution in [0.3, 0.4) is 0 Å². The fourth-order valence-electron chi connectivity index (χ4n) is 3.44. The first-order valence-electron chi connectivity index (χ1n) is 12.8. The maximum atomic E-state index is 12.6. The Hall–Kier alpha value is -2.94. The van der Waals surface area contributed by atoms with Crippen molar-refractivity contribution in [3.8, 4) is 11.5 Å². The Morgan fingerprint density at radius 2 is 1.43 bits per heavy atom. The molecule has 0 aromatic heterocycles. The zero-order chi connectivity index (χ0) is 28.5. The van der Waals surface area contributed by atoms with Crippen LogP contribution in [0, 0.1) is 17.3 Å². The lowest BCUT2D eigenvalue weighted by Crippen LogP contribution is -2.38.